The maximum atomic E-state index is 12.9. The lowest BCUT2D eigenvalue weighted by Gasteiger charge is -2.24. The highest BCUT2D eigenvalue weighted by Gasteiger charge is 2.31. The van der Waals surface area contributed by atoms with Gasteiger partial charge in [-0.1, -0.05) is 12.1 Å². The number of benzene rings is 1. The number of alkyl halides is 6. The number of hydrogen-bond donors (Lipinski definition) is 2. The molecule has 2 N–H and O–H groups in total. The van der Waals surface area contributed by atoms with Crippen LogP contribution in [-0.4, -0.2) is 31.0 Å². The second kappa shape index (κ2) is 8.81. The minimum atomic E-state index is -4.58. The number of hydrogen-bond acceptors (Lipinski definition) is 3. The number of halogens is 6. The fourth-order valence-electron chi connectivity index (χ4n) is 2.18. The number of alkyl carbamates (subject to hydrolysis) is 1. The average Bonchev–Trinajstić information content (AvgIpc) is 2.46. The fourth-order valence-corrected chi connectivity index (χ4v) is 2.18. The number of amides is 1. The molecule has 1 amide bonds. The predicted octanol–water partition coefficient (Wildman–Crippen LogP) is 4.81. The van der Waals surface area contributed by atoms with Crippen molar-refractivity contribution in [2.75, 3.05) is 13.1 Å². The van der Waals surface area contributed by atoms with Crippen molar-refractivity contribution >= 4 is 6.09 Å². The number of ether oxygens (including phenoxy) is 1. The molecule has 1 aromatic carbocycles. The normalized spacial score (nSPS) is 14.0. The zero-order valence-electron chi connectivity index (χ0n) is 15.1. The van der Waals surface area contributed by atoms with E-state index in [1.54, 1.807) is 20.8 Å². The van der Waals surface area contributed by atoms with Gasteiger partial charge in [-0.15, -0.1) is 0 Å². The SMILES string of the molecule is CC(C)(C)OC(=O)NC(CCNCC(F)(F)F)c1cccc(C(F)(F)F)c1. The molecule has 0 aliphatic heterocycles. The van der Waals surface area contributed by atoms with E-state index in [0.717, 1.165) is 12.1 Å². The van der Waals surface area contributed by atoms with Crippen LogP contribution in [0.1, 0.15) is 44.4 Å². The maximum Gasteiger partial charge on any atom is 0.416 e. The van der Waals surface area contributed by atoms with E-state index in [4.69, 9.17) is 4.74 Å². The van der Waals surface area contributed by atoms with Crippen LogP contribution in [0.15, 0.2) is 24.3 Å². The van der Waals surface area contributed by atoms with Gasteiger partial charge in [0.25, 0.3) is 0 Å². The van der Waals surface area contributed by atoms with Crippen molar-refractivity contribution in [1.29, 1.82) is 0 Å². The molecule has 0 aliphatic carbocycles. The molecular formula is C17H22F6N2O2. The van der Waals surface area contributed by atoms with E-state index in [-0.39, 0.29) is 18.5 Å². The monoisotopic (exact) mass is 400 g/mol. The van der Waals surface area contributed by atoms with Crippen LogP contribution >= 0.6 is 0 Å². The van der Waals surface area contributed by atoms with Gasteiger partial charge in [-0.25, -0.2) is 4.79 Å². The Kier molecular flexibility index (Phi) is 7.53. The Morgan fingerprint density at radius 3 is 2.26 bits per heavy atom. The Morgan fingerprint density at radius 1 is 1.11 bits per heavy atom. The van der Waals surface area contributed by atoms with Crippen molar-refractivity contribution in [3.63, 3.8) is 0 Å². The molecule has 1 atom stereocenters. The van der Waals surface area contributed by atoms with Gasteiger partial charge in [-0.05, 0) is 51.4 Å². The Labute approximate surface area is 153 Å². The van der Waals surface area contributed by atoms with Gasteiger partial charge in [0.15, 0.2) is 0 Å². The Hall–Kier alpha value is -1.97. The van der Waals surface area contributed by atoms with E-state index in [2.05, 4.69) is 10.6 Å². The molecule has 154 valence electrons. The van der Waals surface area contributed by atoms with Gasteiger partial charge in [0.2, 0.25) is 0 Å². The van der Waals surface area contributed by atoms with Crippen LogP contribution in [0.2, 0.25) is 0 Å². The van der Waals surface area contributed by atoms with E-state index in [0.29, 0.717) is 0 Å². The van der Waals surface area contributed by atoms with Crippen molar-refractivity contribution < 1.29 is 35.9 Å². The molecular weight excluding hydrogens is 378 g/mol. The summed E-state index contributed by atoms with van der Waals surface area (Å²) in [5, 5.41) is 4.57. The van der Waals surface area contributed by atoms with Crippen molar-refractivity contribution in [2.45, 2.75) is 51.2 Å². The van der Waals surface area contributed by atoms with Gasteiger partial charge in [-0.2, -0.15) is 26.3 Å². The van der Waals surface area contributed by atoms with E-state index in [1.807, 2.05) is 0 Å². The molecule has 4 nitrogen and oxygen atoms in total. The van der Waals surface area contributed by atoms with Crippen LogP contribution in [0.25, 0.3) is 0 Å². The Bertz CT molecular complexity index is 623. The molecule has 0 aliphatic rings. The third-order valence-electron chi connectivity index (χ3n) is 3.24. The quantitative estimate of drug-likeness (QED) is 0.532. The zero-order chi connectivity index (χ0) is 20.9. The first-order chi connectivity index (χ1) is 12.2. The Balaban J connectivity index is 2.91. The summed E-state index contributed by atoms with van der Waals surface area (Å²) in [6, 6.07) is 3.30. The number of carbonyl (C=O) groups excluding carboxylic acids is 1. The van der Waals surface area contributed by atoms with Crippen LogP contribution in [0.5, 0.6) is 0 Å². The maximum absolute atomic E-state index is 12.9. The molecule has 0 fully saturated rings. The molecule has 27 heavy (non-hydrogen) atoms. The molecule has 0 saturated heterocycles. The van der Waals surface area contributed by atoms with Crippen molar-refractivity contribution in [2.24, 2.45) is 0 Å². The summed E-state index contributed by atoms with van der Waals surface area (Å²) in [4.78, 5) is 12.0. The number of rotatable bonds is 6. The summed E-state index contributed by atoms with van der Waals surface area (Å²) < 4.78 is 80.4. The third-order valence-corrected chi connectivity index (χ3v) is 3.24. The van der Waals surface area contributed by atoms with Crippen molar-refractivity contribution in [1.82, 2.24) is 10.6 Å². The molecule has 1 aromatic rings. The smallest absolute Gasteiger partial charge is 0.416 e. The van der Waals surface area contributed by atoms with Gasteiger partial charge < -0.3 is 15.4 Å². The third kappa shape index (κ3) is 9.50. The van der Waals surface area contributed by atoms with Gasteiger partial charge >= 0.3 is 18.4 Å². The van der Waals surface area contributed by atoms with Gasteiger partial charge in [0.05, 0.1) is 18.2 Å². The summed E-state index contributed by atoms with van der Waals surface area (Å²) in [6.07, 6.45) is -9.93. The minimum Gasteiger partial charge on any atom is -0.444 e. The van der Waals surface area contributed by atoms with Crippen LogP contribution in [0.3, 0.4) is 0 Å². The minimum absolute atomic E-state index is 0.0589. The van der Waals surface area contributed by atoms with Crippen LogP contribution in [0, 0.1) is 0 Å². The highest BCUT2D eigenvalue weighted by Crippen LogP contribution is 2.31. The molecule has 0 spiro atoms. The molecule has 0 heterocycles. The second-order valence-electron chi connectivity index (χ2n) is 6.90. The highest BCUT2D eigenvalue weighted by atomic mass is 19.4. The van der Waals surface area contributed by atoms with Gasteiger partial charge in [0, 0.05) is 0 Å². The molecule has 0 aromatic heterocycles. The summed E-state index contributed by atoms with van der Waals surface area (Å²) in [7, 11) is 0. The first-order valence-corrected chi connectivity index (χ1v) is 8.11. The van der Waals surface area contributed by atoms with E-state index in [1.165, 1.54) is 12.1 Å². The lowest BCUT2D eigenvalue weighted by molar-refractivity contribution is -0.137. The second-order valence-corrected chi connectivity index (χ2v) is 6.90. The first-order valence-electron chi connectivity index (χ1n) is 8.11. The zero-order valence-corrected chi connectivity index (χ0v) is 15.1. The summed E-state index contributed by atoms with van der Waals surface area (Å²) >= 11 is 0. The average molecular weight is 400 g/mol. The van der Waals surface area contributed by atoms with Crippen LogP contribution in [-0.2, 0) is 10.9 Å². The summed E-state index contributed by atoms with van der Waals surface area (Å²) in [5.74, 6) is 0. The van der Waals surface area contributed by atoms with E-state index >= 15 is 0 Å². The molecule has 1 rings (SSSR count). The fraction of sp³-hybridized carbons (Fsp3) is 0.588. The van der Waals surface area contributed by atoms with Crippen molar-refractivity contribution in [3.8, 4) is 0 Å². The molecule has 1 unspecified atom stereocenters. The Morgan fingerprint density at radius 2 is 1.74 bits per heavy atom. The molecule has 10 heteroatoms. The molecule has 0 bridgehead atoms. The number of carbonyl (C=O) groups is 1. The topological polar surface area (TPSA) is 50.4 Å². The summed E-state index contributed by atoms with van der Waals surface area (Å²) in [5.41, 5.74) is -1.64. The summed E-state index contributed by atoms with van der Waals surface area (Å²) in [6.45, 7) is 3.41. The lowest BCUT2D eigenvalue weighted by Crippen LogP contribution is -2.37. The largest absolute Gasteiger partial charge is 0.444 e. The van der Waals surface area contributed by atoms with Crippen molar-refractivity contribution in [3.05, 3.63) is 35.4 Å². The van der Waals surface area contributed by atoms with Crippen LogP contribution < -0.4 is 10.6 Å². The van der Waals surface area contributed by atoms with E-state index < -0.39 is 42.2 Å². The molecule has 0 radical (unpaired) electrons. The standard InChI is InChI=1S/C17H22F6N2O2/c1-15(2,3)27-14(26)25-13(7-8-24-10-16(18,19)20)11-5-4-6-12(9-11)17(21,22)23/h4-6,9,13,24H,7-8,10H2,1-3H3,(H,25,26). The lowest BCUT2D eigenvalue weighted by atomic mass is 10.0. The molecule has 0 saturated carbocycles. The van der Waals surface area contributed by atoms with E-state index in [9.17, 15) is 31.1 Å². The van der Waals surface area contributed by atoms with Crippen LogP contribution in [0.4, 0.5) is 31.1 Å². The first kappa shape index (κ1) is 23.1. The predicted molar refractivity (Wildman–Crippen MR) is 87.1 cm³/mol. The number of nitrogens with one attached hydrogen (secondary N) is 2. The highest BCUT2D eigenvalue weighted by molar-refractivity contribution is 5.68. The van der Waals surface area contributed by atoms with Gasteiger partial charge in [-0.3, -0.25) is 0 Å². The van der Waals surface area contributed by atoms with Gasteiger partial charge in [0.1, 0.15) is 5.60 Å².